The summed E-state index contributed by atoms with van der Waals surface area (Å²) in [5, 5.41) is 6.77. The number of amides is 1. The molecule has 2 aromatic carbocycles. The van der Waals surface area contributed by atoms with Gasteiger partial charge in [0, 0.05) is 9.13 Å². The lowest BCUT2D eigenvalue weighted by Crippen LogP contribution is -2.12. The highest BCUT2D eigenvalue weighted by molar-refractivity contribution is 14.1. The number of rotatable bonds is 3. The van der Waals surface area contributed by atoms with Gasteiger partial charge in [0.2, 0.25) is 0 Å². The van der Waals surface area contributed by atoms with Crippen LogP contribution in [0.4, 0.5) is 5.00 Å². The highest BCUT2D eigenvalue weighted by atomic mass is 127. The van der Waals surface area contributed by atoms with Crippen LogP contribution in [0.3, 0.4) is 0 Å². The molecule has 0 radical (unpaired) electrons. The van der Waals surface area contributed by atoms with Crippen molar-refractivity contribution in [3.05, 3.63) is 69.1 Å². The summed E-state index contributed by atoms with van der Waals surface area (Å²) in [5.41, 5.74) is 2.64. The Balaban J connectivity index is 1.68. The molecular weight excluding hydrogens is 451 g/mol. The molecule has 0 unspecified atom stereocenters. The lowest BCUT2D eigenvalue weighted by molar-refractivity contribution is 0.102. The van der Waals surface area contributed by atoms with Crippen LogP contribution in [0.15, 0.2) is 60.0 Å². The number of carbonyl (C=O) groups is 1. The number of carbonyl (C=O) groups excluding carboxylic acids is 1. The normalized spacial score (nSPS) is 10.9. The number of anilines is 1. The van der Waals surface area contributed by atoms with E-state index >= 15 is 0 Å². The quantitative estimate of drug-likeness (QED) is 0.387. The maximum atomic E-state index is 12.6. The number of aromatic nitrogens is 1. The third-order valence-electron chi connectivity index (χ3n) is 3.54. The van der Waals surface area contributed by atoms with Crippen LogP contribution < -0.4 is 5.32 Å². The molecule has 4 aromatic rings. The number of thiophene rings is 1. The Morgan fingerprint density at radius 2 is 1.83 bits per heavy atom. The average molecular weight is 462 g/mol. The fraction of sp³-hybridized carbons (Fsp3) is 0. The fourth-order valence-electron chi connectivity index (χ4n) is 2.38. The van der Waals surface area contributed by atoms with Gasteiger partial charge >= 0.3 is 0 Å². The first kappa shape index (κ1) is 15.7. The van der Waals surface area contributed by atoms with Gasteiger partial charge in [0.1, 0.15) is 10.0 Å². The summed E-state index contributed by atoms with van der Waals surface area (Å²) in [6.45, 7) is 0. The van der Waals surface area contributed by atoms with Crippen LogP contribution in [0, 0.1) is 3.57 Å². The first-order valence-corrected chi connectivity index (χ1v) is 9.99. The van der Waals surface area contributed by atoms with Crippen molar-refractivity contribution in [1.82, 2.24) is 4.98 Å². The average Bonchev–Trinajstić information content (AvgIpc) is 3.21. The first-order chi connectivity index (χ1) is 11.7. The van der Waals surface area contributed by atoms with Crippen molar-refractivity contribution >= 4 is 66.4 Å². The predicted octanol–water partition coefficient (Wildman–Crippen LogP) is 5.88. The number of thiazole rings is 1. The molecule has 2 aromatic heterocycles. The molecule has 0 aliphatic heterocycles. The Bertz CT molecular complexity index is 1010. The number of hydrogen-bond acceptors (Lipinski definition) is 4. The van der Waals surface area contributed by atoms with Gasteiger partial charge in [-0.25, -0.2) is 4.98 Å². The van der Waals surface area contributed by atoms with Crippen molar-refractivity contribution in [3.8, 4) is 10.6 Å². The molecule has 0 spiro atoms. The monoisotopic (exact) mass is 462 g/mol. The summed E-state index contributed by atoms with van der Waals surface area (Å²) in [4.78, 5) is 17.2. The molecule has 1 amide bonds. The van der Waals surface area contributed by atoms with Crippen LogP contribution in [0.1, 0.15) is 10.4 Å². The Labute approximate surface area is 160 Å². The van der Waals surface area contributed by atoms with Gasteiger partial charge in [0.15, 0.2) is 0 Å². The van der Waals surface area contributed by atoms with Crippen LogP contribution in [0.25, 0.3) is 20.8 Å². The number of nitrogens with one attached hydrogen (secondary N) is 1. The van der Waals surface area contributed by atoms with E-state index in [9.17, 15) is 4.79 Å². The van der Waals surface area contributed by atoms with E-state index < -0.39 is 0 Å². The SMILES string of the molecule is O=C(Nc1sccc1-c1nc2ccccc2s1)c1ccccc1I. The van der Waals surface area contributed by atoms with Gasteiger partial charge in [0.05, 0.1) is 15.8 Å². The van der Waals surface area contributed by atoms with E-state index in [4.69, 9.17) is 0 Å². The number of hydrogen-bond donors (Lipinski definition) is 1. The van der Waals surface area contributed by atoms with Gasteiger partial charge in [-0.15, -0.1) is 22.7 Å². The van der Waals surface area contributed by atoms with Crippen molar-refractivity contribution in [1.29, 1.82) is 0 Å². The van der Waals surface area contributed by atoms with E-state index in [1.54, 1.807) is 11.3 Å². The lowest BCUT2D eigenvalue weighted by atomic mass is 10.2. The number of fused-ring (bicyclic) bond motifs is 1. The Hall–Kier alpha value is -1.77. The molecule has 4 rings (SSSR count). The zero-order valence-electron chi connectivity index (χ0n) is 12.3. The summed E-state index contributed by atoms with van der Waals surface area (Å²) in [5.74, 6) is -0.0928. The van der Waals surface area contributed by atoms with Gasteiger partial charge in [-0.1, -0.05) is 24.3 Å². The number of nitrogens with zero attached hydrogens (tertiary/aromatic N) is 1. The Morgan fingerprint density at radius 1 is 1.04 bits per heavy atom. The van der Waals surface area contributed by atoms with Crippen LogP contribution in [0.5, 0.6) is 0 Å². The van der Waals surface area contributed by atoms with Crippen molar-refractivity contribution in [3.63, 3.8) is 0 Å². The lowest BCUT2D eigenvalue weighted by Gasteiger charge is -2.06. The predicted molar refractivity (Wildman–Crippen MR) is 110 cm³/mol. The molecule has 0 aliphatic carbocycles. The van der Waals surface area contributed by atoms with Crippen LogP contribution in [0.2, 0.25) is 0 Å². The highest BCUT2D eigenvalue weighted by Crippen LogP contribution is 2.37. The zero-order chi connectivity index (χ0) is 16.5. The molecule has 0 bridgehead atoms. The minimum absolute atomic E-state index is 0.0928. The number of halogens is 1. The van der Waals surface area contributed by atoms with E-state index in [0.717, 1.165) is 29.4 Å². The molecule has 0 aliphatic rings. The van der Waals surface area contributed by atoms with Crippen molar-refractivity contribution in [2.24, 2.45) is 0 Å². The van der Waals surface area contributed by atoms with E-state index in [-0.39, 0.29) is 5.91 Å². The van der Waals surface area contributed by atoms with Crippen LogP contribution in [-0.4, -0.2) is 10.9 Å². The Kier molecular flexibility index (Phi) is 4.34. The second-order valence-corrected chi connectivity index (χ2v) is 8.19. The van der Waals surface area contributed by atoms with E-state index in [1.165, 1.54) is 11.3 Å². The van der Waals surface area contributed by atoms with Gasteiger partial charge in [-0.2, -0.15) is 0 Å². The van der Waals surface area contributed by atoms with E-state index in [0.29, 0.717) is 5.56 Å². The first-order valence-electron chi connectivity index (χ1n) is 7.22. The van der Waals surface area contributed by atoms with Gasteiger partial charge < -0.3 is 5.32 Å². The summed E-state index contributed by atoms with van der Waals surface area (Å²) >= 11 is 5.33. The van der Waals surface area contributed by atoms with E-state index in [1.807, 2.05) is 53.9 Å². The summed E-state index contributed by atoms with van der Waals surface area (Å²) in [6, 6.07) is 17.6. The fourth-order valence-corrected chi connectivity index (χ4v) is 4.86. The molecule has 0 atom stereocenters. The minimum atomic E-state index is -0.0928. The standard InChI is InChI=1S/C18H11IN2OS2/c19-13-6-2-1-5-11(13)16(22)21-17-12(9-10-23-17)18-20-14-7-3-4-8-15(14)24-18/h1-10H,(H,21,22). The molecule has 0 saturated carbocycles. The second-order valence-electron chi connectivity index (χ2n) is 5.08. The van der Waals surface area contributed by atoms with Crippen LogP contribution in [-0.2, 0) is 0 Å². The van der Waals surface area contributed by atoms with Gasteiger partial charge in [0.25, 0.3) is 5.91 Å². The smallest absolute Gasteiger partial charge is 0.257 e. The van der Waals surface area contributed by atoms with Gasteiger partial charge in [-0.05, 0) is 58.3 Å². The largest absolute Gasteiger partial charge is 0.313 e. The molecular formula is C18H11IN2OS2. The molecule has 24 heavy (non-hydrogen) atoms. The van der Waals surface area contributed by atoms with E-state index in [2.05, 4.69) is 39.0 Å². The number of benzene rings is 2. The topological polar surface area (TPSA) is 42.0 Å². The second kappa shape index (κ2) is 6.62. The Morgan fingerprint density at radius 3 is 2.67 bits per heavy atom. The third kappa shape index (κ3) is 2.97. The number of para-hydroxylation sites is 1. The maximum absolute atomic E-state index is 12.6. The van der Waals surface area contributed by atoms with Crippen LogP contribution >= 0.6 is 45.3 Å². The minimum Gasteiger partial charge on any atom is -0.313 e. The molecule has 6 heteroatoms. The zero-order valence-corrected chi connectivity index (χ0v) is 16.1. The maximum Gasteiger partial charge on any atom is 0.257 e. The van der Waals surface area contributed by atoms with Crippen molar-refractivity contribution in [2.45, 2.75) is 0 Å². The third-order valence-corrected chi connectivity index (χ3v) is 6.38. The highest BCUT2D eigenvalue weighted by Gasteiger charge is 2.16. The summed E-state index contributed by atoms with van der Waals surface area (Å²) in [6.07, 6.45) is 0. The molecule has 1 N–H and O–H groups in total. The molecule has 3 nitrogen and oxygen atoms in total. The summed E-state index contributed by atoms with van der Waals surface area (Å²) < 4.78 is 2.08. The molecule has 2 heterocycles. The van der Waals surface area contributed by atoms with Crippen molar-refractivity contribution < 1.29 is 4.79 Å². The molecule has 118 valence electrons. The summed E-state index contributed by atoms with van der Waals surface area (Å²) in [7, 11) is 0. The molecule has 0 saturated heterocycles. The van der Waals surface area contributed by atoms with Gasteiger partial charge in [-0.3, -0.25) is 4.79 Å². The van der Waals surface area contributed by atoms with Crippen molar-refractivity contribution in [2.75, 3.05) is 5.32 Å². The molecule has 0 fully saturated rings.